The Kier molecular flexibility index (Phi) is 4.09. The van der Waals surface area contributed by atoms with Gasteiger partial charge in [0.2, 0.25) is 0 Å². The molecule has 2 unspecified atom stereocenters. The average molecular weight is 211 g/mol. The summed E-state index contributed by atoms with van der Waals surface area (Å²) in [6, 6.07) is 4.62. The Bertz CT molecular complexity index is 325. The van der Waals surface area contributed by atoms with Crippen LogP contribution in [0.5, 0.6) is 5.75 Å². The highest BCUT2D eigenvalue weighted by Gasteiger charge is 2.14. The van der Waals surface area contributed by atoms with Crippen molar-refractivity contribution in [2.45, 2.75) is 39.3 Å². The third kappa shape index (κ3) is 2.93. The van der Waals surface area contributed by atoms with Crippen molar-refractivity contribution in [2.75, 3.05) is 0 Å². The lowest BCUT2D eigenvalue weighted by molar-refractivity contribution is 0.204. The second kappa shape index (κ2) is 5.12. The lowest BCUT2D eigenvalue weighted by Crippen LogP contribution is -2.15. The van der Waals surface area contributed by atoms with E-state index in [0.717, 1.165) is 12.0 Å². The van der Waals surface area contributed by atoms with E-state index in [0.29, 0.717) is 5.75 Å². The highest BCUT2D eigenvalue weighted by Crippen LogP contribution is 2.28. The summed E-state index contributed by atoms with van der Waals surface area (Å²) in [6.45, 7) is 5.73. The number of halogens is 1. The van der Waals surface area contributed by atoms with E-state index in [1.165, 1.54) is 6.07 Å². The zero-order valence-corrected chi connectivity index (χ0v) is 9.46. The van der Waals surface area contributed by atoms with Gasteiger partial charge >= 0.3 is 0 Å². The Morgan fingerprint density at radius 3 is 2.60 bits per heavy atom. The first-order valence-corrected chi connectivity index (χ1v) is 5.26. The van der Waals surface area contributed by atoms with Gasteiger partial charge in [-0.15, -0.1) is 0 Å². The summed E-state index contributed by atoms with van der Waals surface area (Å²) in [4.78, 5) is 0. The van der Waals surface area contributed by atoms with Crippen molar-refractivity contribution in [1.82, 2.24) is 0 Å². The van der Waals surface area contributed by atoms with Crippen molar-refractivity contribution >= 4 is 0 Å². The van der Waals surface area contributed by atoms with Crippen molar-refractivity contribution < 1.29 is 9.13 Å². The Balaban J connectivity index is 3.02. The van der Waals surface area contributed by atoms with E-state index >= 15 is 0 Å². The van der Waals surface area contributed by atoms with Gasteiger partial charge in [-0.05, 0) is 26.3 Å². The molecule has 2 nitrogen and oxygen atoms in total. The normalized spacial score (nSPS) is 14.7. The number of hydrogen-bond acceptors (Lipinski definition) is 2. The number of benzene rings is 1. The molecule has 0 fully saturated rings. The number of rotatable bonds is 4. The molecule has 2 N–H and O–H groups in total. The summed E-state index contributed by atoms with van der Waals surface area (Å²) in [5, 5.41) is 0. The lowest BCUT2D eigenvalue weighted by atomic mass is 10.1. The minimum absolute atomic E-state index is 0.000556. The van der Waals surface area contributed by atoms with Crippen molar-refractivity contribution in [1.29, 1.82) is 0 Å². The molecule has 1 aromatic carbocycles. The monoisotopic (exact) mass is 211 g/mol. The number of nitrogens with two attached hydrogens (primary N) is 1. The van der Waals surface area contributed by atoms with Gasteiger partial charge in [-0.25, -0.2) is 4.39 Å². The zero-order valence-electron chi connectivity index (χ0n) is 9.46. The smallest absolute Gasteiger partial charge is 0.165 e. The molecule has 0 bridgehead atoms. The Morgan fingerprint density at radius 1 is 1.40 bits per heavy atom. The molecule has 0 aliphatic heterocycles. The van der Waals surface area contributed by atoms with Crippen LogP contribution in [0.4, 0.5) is 4.39 Å². The van der Waals surface area contributed by atoms with Gasteiger partial charge in [-0.1, -0.05) is 19.1 Å². The quantitative estimate of drug-likeness (QED) is 0.830. The molecule has 0 aliphatic rings. The van der Waals surface area contributed by atoms with E-state index in [2.05, 4.69) is 0 Å². The number of para-hydroxylation sites is 1. The molecular formula is C12H18FNO. The maximum Gasteiger partial charge on any atom is 0.165 e. The van der Waals surface area contributed by atoms with Crippen LogP contribution in [0.1, 0.15) is 38.8 Å². The maximum absolute atomic E-state index is 13.5. The molecule has 0 amide bonds. The first-order chi connectivity index (χ1) is 7.06. The lowest BCUT2D eigenvalue weighted by Gasteiger charge is -2.18. The van der Waals surface area contributed by atoms with E-state index in [1.54, 1.807) is 12.1 Å². The van der Waals surface area contributed by atoms with Crippen LogP contribution in [0.3, 0.4) is 0 Å². The van der Waals surface area contributed by atoms with Crippen molar-refractivity contribution in [2.24, 2.45) is 5.73 Å². The van der Waals surface area contributed by atoms with E-state index in [9.17, 15) is 4.39 Å². The molecule has 0 heterocycles. The van der Waals surface area contributed by atoms with E-state index in [4.69, 9.17) is 10.5 Å². The highest BCUT2D eigenvalue weighted by atomic mass is 19.1. The van der Waals surface area contributed by atoms with Crippen LogP contribution >= 0.6 is 0 Å². The molecule has 0 saturated carbocycles. The maximum atomic E-state index is 13.5. The van der Waals surface area contributed by atoms with Gasteiger partial charge in [0, 0.05) is 11.6 Å². The van der Waals surface area contributed by atoms with Gasteiger partial charge in [-0.2, -0.15) is 0 Å². The average Bonchev–Trinajstić information content (AvgIpc) is 2.20. The van der Waals surface area contributed by atoms with Crippen LogP contribution in [0, 0.1) is 5.82 Å². The minimum atomic E-state index is -0.342. The van der Waals surface area contributed by atoms with Crippen LogP contribution in [-0.4, -0.2) is 6.10 Å². The molecule has 2 atom stereocenters. The molecular weight excluding hydrogens is 193 g/mol. The molecule has 84 valence electrons. The molecule has 0 radical (unpaired) electrons. The Morgan fingerprint density at radius 2 is 2.07 bits per heavy atom. The van der Waals surface area contributed by atoms with E-state index in [-0.39, 0.29) is 18.0 Å². The van der Waals surface area contributed by atoms with Crippen LogP contribution in [-0.2, 0) is 0 Å². The predicted octanol–water partition coefficient (Wildman–Crippen LogP) is 3.02. The number of ether oxygens (including phenoxy) is 1. The highest BCUT2D eigenvalue weighted by molar-refractivity contribution is 5.37. The molecule has 0 aliphatic carbocycles. The van der Waals surface area contributed by atoms with Crippen LogP contribution in [0.25, 0.3) is 0 Å². The summed E-state index contributed by atoms with van der Waals surface area (Å²) in [7, 11) is 0. The summed E-state index contributed by atoms with van der Waals surface area (Å²) in [6.07, 6.45) is 0.839. The van der Waals surface area contributed by atoms with Gasteiger partial charge in [0.25, 0.3) is 0 Å². The molecule has 0 aromatic heterocycles. The summed E-state index contributed by atoms with van der Waals surface area (Å²) in [5.41, 5.74) is 6.47. The Labute approximate surface area is 90.2 Å². The van der Waals surface area contributed by atoms with Gasteiger partial charge in [0.15, 0.2) is 11.6 Å². The van der Waals surface area contributed by atoms with Crippen LogP contribution in [0.15, 0.2) is 18.2 Å². The number of hydrogen-bond donors (Lipinski definition) is 1. The fourth-order valence-electron chi connectivity index (χ4n) is 1.29. The summed E-state index contributed by atoms with van der Waals surface area (Å²) < 4.78 is 19.1. The van der Waals surface area contributed by atoms with Crippen LogP contribution < -0.4 is 10.5 Å². The Hall–Kier alpha value is -1.09. The summed E-state index contributed by atoms with van der Waals surface area (Å²) in [5.74, 6) is -0.0491. The minimum Gasteiger partial charge on any atom is -0.487 e. The fraction of sp³-hybridized carbons (Fsp3) is 0.500. The molecule has 1 rings (SSSR count). The predicted molar refractivity (Wildman–Crippen MR) is 59.4 cm³/mol. The third-order valence-corrected chi connectivity index (χ3v) is 2.38. The first-order valence-electron chi connectivity index (χ1n) is 5.26. The second-order valence-electron chi connectivity index (χ2n) is 3.78. The van der Waals surface area contributed by atoms with Gasteiger partial charge < -0.3 is 10.5 Å². The topological polar surface area (TPSA) is 35.2 Å². The van der Waals surface area contributed by atoms with Crippen molar-refractivity contribution in [3.05, 3.63) is 29.6 Å². The molecule has 0 saturated heterocycles. The van der Waals surface area contributed by atoms with Gasteiger partial charge in [0.1, 0.15) is 0 Å². The van der Waals surface area contributed by atoms with Crippen molar-refractivity contribution in [3.63, 3.8) is 0 Å². The molecule has 1 aromatic rings. The van der Waals surface area contributed by atoms with Gasteiger partial charge in [0.05, 0.1) is 6.10 Å². The van der Waals surface area contributed by atoms with Gasteiger partial charge in [-0.3, -0.25) is 0 Å². The SMILES string of the molecule is CCC(C)Oc1c(F)cccc1C(C)N. The molecule has 3 heteroatoms. The zero-order chi connectivity index (χ0) is 11.4. The van der Waals surface area contributed by atoms with E-state index in [1.807, 2.05) is 20.8 Å². The molecule has 15 heavy (non-hydrogen) atoms. The summed E-state index contributed by atoms with van der Waals surface area (Å²) >= 11 is 0. The third-order valence-electron chi connectivity index (χ3n) is 2.38. The fourth-order valence-corrected chi connectivity index (χ4v) is 1.29. The van der Waals surface area contributed by atoms with Crippen LogP contribution in [0.2, 0.25) is 0 Å². The standard InChI is InChI=1S/C12H18FNO/c1-4-8(2)15-12-10(9(3)14)6-5-7-11(12)13/h5-9H,4,14H2,1-3H3. The second-order valence-corrected chi connectivity index (χ2v) is 3.78. The largest absolute Gasteiger partial charge is 0.487 e. The molecule has 0 spiro atoms. The first kappa shape index (κ1) is 12.0. The van der Waals surface area contributed by atoms with E-state index < -0.39 is 0 Å². The van der Waals surface area contributed by atoms with Crippen molar-refractivity contribution in [3.8, 4) is 5.75 Å².